The third kappa shape index (κ3) is 3.79. The summed E-state index contributed by atoms with van der Waals surface area (Å²) >= 11 is 0. The number of benzene rings is 1. The number of rotatable bonds is 3. The summed E-state index contributed by atoms with van der Waals surface area (Å²) in [5.41, 5.74) is -0.345. The molecule has 0 spiro atoms. The molecule has 2 amide bonds. The van der Waals surface area contributed by atoms with Gasteiger partial charge in [0.05, 0.1) is 12.0 Å². The van der Waals surface area contributed by atoms with Gasteiger partial charge in [-0.2, -0.15) is 18.2 Å². The average Bonchev–Trinajstić information content (AvgIpc) is 3.11. The van der Waals surface area contributed by atoms with Gasteiger partial charge in [0, 0.05) is 23.6 Å². The molecule has 8 nitrogen and oxygen atoms in total. The Bertz CT molecular complexity index is 1080. The van der Waals surface area contributed by atoms with Crippen molar-refractivity contribution in [2.24, 2.45) is 0 Å². The van der Waals surface area contributed by atoms with Crippen molar-refractivity contribution >= 4 is 23.5 Å². The van der Waals surface area contributed by atoms with E-state index in [0.717, 1.165) is 12.1 Å². The highest BCUT2D eigenvalue weighted by molar-refractivity contribution is 6.00. The molecular weight excluding hydrogens is 389 g/mol. The number of aromatic nitrogens is 4. The molecule has 2 aromatic heterocycles. The van der Waals surface area contributed by atoms with Gasteiger partial charge < -0.3 is 5.32 Å². The number of carbonyl (C=O) groups is 2. The molecule has 3 aromatic rings. The summed E-state index contributed by atoms with van der Waals surface area (Å²) in [5.74, 6) is -0.800. The largest absolute Gasteiger partial charge is 0.416 e. The quantitative estimate of drug-likeness (QED) is 0.702. The van der Waals surface area contributed by atoms with Crippen molar-refractivity contribution in [3.8, 4) is 11.4 Å². The number of amides is 2. The van der Waals surface area contributed by atoms with E-state index in [4.69, 9.17) is 0 Å². The Morgan fingerprint density at radius 3 is 2.79 bits per heavy atom. The third-order valence-corrected chi connectivity index (χ3v) is 4.24. The first-order valence-electron chi connectivity index (χ1n) is 8.46. The second kappa shape index (κ2) is 7.00. The van der Waals surface area contributed by atoms with Crippen LogP contribution in [-0.4, -0.2) is 31.6 Å². The first-order chi connectivity index (χ1) is 13.8. The van der Waals surface area contributed by atoms with E-state index in [9.17, 15) is 22.8 Å². The molecule has 0 radical (unpaired) electrons. The van der Waals surface area contributed by atoms with Gasteiger partial charge in [0.2, 0.25) is 17.8 Å². The summed E-state index contributed by atoms with van der Waals surface area (Å²) in [7, 11) is 0. The SMILES string of the molecule is O=C1C[C@H](C(=O)Nc2cccc(C(F)(F)F)c2)n2nc(-c3cccnc3)nc2N1. The average molecular weight is 402 g/mol. The number of hydrogen-bond donors (Lipinski definition) is 2. The standard InChI is InChI=1S/C18H13F3N6O2/c19-18(20,21)11-4-1-5-12(7-11)23-16(29)13-8-14(28)24-17-25-15(26-27(13)17)10-3-2-6-22-9-10/h1-7,9,13H,8H2,(H,23,29)(H,24,25,26,28)/t13-/m1/s1. The number of alkyl halides is 3. The van der Waals surface area contributed by atoms with Crippen LogP contribution in [0.5, 0.6) is 0 Å². The Morgan fingerprint density at radius 1 is 1.24 bits per heavy atom. The monoisotopic (exact) mass is 402 g/mol. The maximum Gasteiger partial charge on any atom is 0.416 e. The Balaban J connectivity index is 1.62. The van der Waals surface area contributed by atoms with Crippen LogP contribution in [0.3, 0.4) is 0 Å². The molecule has 0 bridgehead atoms. The summed E-state index contributed by atoms with van der Waals surface area (Å²) in [6.45, 7) is 0. The van der Waals surface area contributed by atoms with E-state index in [-0.39, 0.29) is 23.9 Å². The van der Waals surface area contributed by atoms with Gasteiger partial charge in [-0.1, -0.05) is 6.07 Å². The molecule has 0 saturated carbocycles. The van der Waals surface area contributed by atoms with Gasteiger partial charge in [0.15, 0.2) is 5.82 Å². The molecule has 0 saturated heterocycles. The summed E-state index contributed by atoms with van der Waals surface area (Å²) in [4.78, 5) is 32.9. The molecule has 29 heavy (non-hydrogen) atoms. The zero-order chi connectivity index (χ0) is 20.6. The zero-order valence-electron chi connectivity index (χ0n) is 14.6. The molecule has 2 N–H and O–H groups in total. The number of fused-ring (bicyclic) bond motifs is 1. The van der Waals surface area contributed by atoms with E-state index >= 15 is 0 Å². The predicted octanol–water partition coefficient (Wildman–Crippen LogP) is 2.88. The molecule has 1 atom stereocenters. The fourth-order valence-electron chi connectivity index (χ4n) is 2.88. The molecule has 3 heterocycles. The fraction of sp³-hybridized carbons (Fsp3) is 0.167. The summed E-state index contributed by atoms with van der Waals surface area (Å²) in [6.07, 6.45) is -1.66. The number of carbonyl (C=O) groups excluding carboxylic acids is 2. The second-order valence-corrected chi connectivity index (χ2v) is 6.28. The predicted molar refractivity (Wildman–Crippen MR) is 95.6 cm³/mol. The van der Waals surface area contributed by atoms with Crippen molar-refractivity contribution in [1.29, 1.82) is 0 Å². The van der Waals surface area contributed by atoms with Crippen molar-refractivity contribution in [3.63, 3.8) is 0 Å². The van der Waals surface area contributed by atoms with Crippen molar-refractivity contribution < 1.29 is 22.8 Å². The number of nitrogens with zero attached hydrogens (tertiary/aromatic N) is 4. The Hall–Kier alpha value is -3.76. The Morgan fingerprint density at radius 2 is 2.07 bits per heavy atom. The van der Waals surface area contributed by atoms with E-state index in [1.54, 1.807) is 18.3 Å². The van der Waals surface area contributed by atoms with E-state index in [2.05, 4.69) is 25.7 Å². The van der Waals surface area contributed by atoms with Gasteiger partial charge in [0.25, 0.3) is 0 Å². The van der Waals surface area contributed by atoms with Crippen LogP contribution in [0.2, 0.25) is 0 Å². The number of hydrogen-bond acceptors (Lipinski definition) is 5. The molecule has 1 aromatic carbocycles. The minimum atomic E-state index is -4.54. The van der Waals surface area contributed by atoms with Crippen LogP contribution in [0, 0.1) is 0 Å². The van der Waals surface area contributed by atoms with Crippen LogP contribution in [0.25, 0.3) is 11.4 Å². The summed E-state index contributed by atoms with van der Waals surface area (Å²) in [6, 6.07) is 6.59. The second-order valence-electron chi connectivity index (χ2n) is 6.28. The molecule has 1 aliphatic heterocycles. The van der Waals surface area contributed by atoms with Crippen molar-refractivity contribution in [2.75, 3.05) is 10.6 Å². The van der Waals surface area contributed by atoms with Gasteiger partial charge >= 0.3 is 6.18 Å². The smallest absolute Gasteiger partial charge is 0.324 e. The van der Waals surface area contributed by atoms with Crippen molar-refractivity contribution in [3.05, 3.63) is 54.4 Å². The molecule has 148 valence electrons. The van der Waals surface area contributed by atoms with Crippen LogP contribution >= 0.6 is 0 Å². The van der Waals surface area contributed by atoms with E-state index in [0.29, 0.717) is 5.56 Å². The molecule has 0 fully saturated rings. The molecule has 11 heteroatoms. The maximum absolute atomic E-state index is 12.9. The fourth-order valence-corrected chi connectivity index (χ4v) is 2.88. The highest BCUT2D eigenvalue weighted by Crippen LogP contribution is 2.31. The lowest BCUT2D eigenvalue weighted by Gasteiger charge is -2.22. The minimum Gasteiger partial charge on any atom is -0.324 e. The maximum atomic E-state index is 12.9. The molecular formula is C18H13F3N6O2. The lowest BCUT2D eigenvalue weighted by atomic mass is 10.1. The first-order valence-corrected chi connectivity index (χ1v) is 8.46. The van der Waals surface area contributed by atoms with Crippen LogP contribution < -0.4 is 10.6 Å². The van der Waals surface area contributed by atoms with Crippen LogP contribution in [0.4, 0.5) is 24.8 Å². The number of halogens is 3. The Kier molecular flexibility index (Phi) is 4.49. The van der Waals surface area contributed by atoms with Gasteiger partial charge in [-0.05, 0) is 30.3 Å². The topological polar surface area (TPSA) is 102 Å². The normalized spacial score (nSPS) is 16.1. The molecule has 1 aliphatic rings. The minimum absolute atomic E-state index is 0.0371. The van der Waals surface area contributed by atoms with Crippen LogP contribution in [0.15, 0.2) is 48.8 Å². The van der Waals surface area contributed by atoms with E-state index < -0.39 is 29.6 Å². The van der Waals surface area contributed by atoms with Gasteiger partial charge in [-0.15, -0.1) is 5.10 Å². The lowest BCUT2D eigenvalue weighted by molar-refractivity contribution is -0.137. The first kappa shape index (κ1) is 18.6. The van der Waals surface area contributed by atoms with Crippen LogP contribution in [0.1, 0.15) is 18.0 Å². The lowest BCUT2D eigenvalue weighted by Crippen LogP contribution is -2.36. The number of pyridine rings is 1. The van der Waals surface area contributed by atoms with Gasteiger partial charge in [-0.25, -0.2) is 4.68 Å². The number of anilines is 2. The van der Waals surface area contributed by atoms with Gasteiger partial charge in [0.1, 0.15) is 6.04 Å². The summed E-state index contributed by atoms with van der Waals surface area (Å²) < 4.78 is 39.9. The highest BCUT2D eigenvalue weighted by atomic mass is 19.4. The molecule has 0 unspecified atom stereocenters. The summed E-state index contributed by atoms with van der Waals surface area (Å²) in [5, 5.41) is 9.21. The van der Waals surface area contributed by atoms with E-state index in [1.807, 2.05) is 0 Å². The molecule has 4 rings (SSSR count). The van der Waals surface area contributed by atoms with Gasteiger partial charge in [-0.3, -0.25) is 19.9 Å². The zero-order valence-corrected chi connectivity index (χ0v) is 14.6. The highest BCUT2D eigenvalue weighted by Gasteiger charge is 2.34. The van der Waals surface area contributed by atoms with Crippen LogP contribution in [-0.2, 0) is 15.8 Å². The van der Waals surface area contributed by atoms with Crippen molar-refractivity contribution in [2.45, 2.75) is 18.6 Å². The van der Waals surface area contributed by atoms with E-state index in [1.165, 1.54) is 23.0 Å². The number of nitrogens with one attached hydrogen (secondary N) is 2. The molecule has 0 aliphatic carbocycles. The Labute approximate surface area is 161 Å². The van der Waals surface area contributed by atoms with Crippen molar-refractivity contribution in [1.82, 2.24) is 19.7 Å². The third-order valence-electron chi connectivity index (χ3n) is 4.24.